The molecule has 4 heteroatoms. The van der Waals surface area contributed by atoms with Crippen LogP contribution in [0.2, 0.25) is 0 Å². The van der Waals surface area contributed by atoms with Gasteiger partial charge in [0, 0.05) is 29.9 Å². The number of nitrogens with two attached hydrogens (primary N) is 1. The molecule has 1 aromatic rings. The van der Waals surface area contributed by atoms with E-state index in [2.05, 4.69) is 24.2 Å². The third kappa shape index (κ3) is 3.01. The topological polar surface area (TPSA) is 58.4 Å². The molecule has 2 rings (SSSR count). The molecule has 1 aliphatic rings. The SMILES string of the molecule is CC1CC(NC(=O)c2ccc(N)cc2)CCN1C. The first-order valence-corrected chi connectivity index (χ1v) is 6.43. The maximum atomic E-state index is 12.0. The van der Waals surface area contributed by atoms with Gasteiger partial charge in [-0.3, -0.25) is 4.79 Å². The van der Waals surface area contributed by atoms with E-state index in [1.807, 2.05) is 0 Å². The van der Waals surface area contributed by atoms with E-state index < -0.39 is 0 Å². The van der Waals surface area contributed by atoms with Crippen LogP contribution in [-0.2, 0) is 0 Å². The maximum Gasteiger partial charge on any atom is 0.251 e. The lowest BCUT2D eigenvalue weighted by molar-refractivity contribution is 0.0896. The zero-order valence-electron chi connectivity index (χ0n) is 11.0. The third-order valence-corrected chi connectivity index (χ3v) is 3.72. The van der Waals surface area contributed by atoms with Crippen molar-refractivity contribution in [3.8, 4) is 0 Å². The highest BCUT2D eigenvalue weighted by molar-refractivity contribution is 5.94. The molecule has 4 nitrogen and oxygen atoms in total. The highest BCUT2D eigenvalue weighted by atomic mass is 16.1. The van der Waals surface area contributed by atoms with Gasteiger partial charge in [-0.15, -0.1) is 0 Å². The van der Waals surface area contributed by atoms with Crippen LogP contribution in [-0.4, -0.2) is 36.5 Å². The summed E-state index contributed by atoms with van der Waals surface area (Å²) in [5.41, 5.74) is 6.96. The first-order chi connectivity index (χ1) is 8.56. The number of amides is 1. The quantitative estimate of drug-likeness (QED) is 0.778. The van der Waals surface area contributed by atoms with Crippen molar-refractivity contribution >= 4 is 11.6 Å². The average molecular weight is 247 g/mol. The number of nitrogens with one attached hydrogen (secondary N) is 1. The molecular formula is C14H21N3O. The minimum absolute atomic E-state index is 0.00301. The Morgan fingerprint density at radius 2 is 2.06 bits per heavy atom. The number of hydrogen-bond donors (Lipinski definition) is 2. The van der Waals surface area contributed by atoms with Crippen LogP contribution in [0.5, 0.6) is 0 Å². The van der Waals surface area contributed by atoms with Gasteiger partial charge in [-0.25, -0.2) is 0 Å². The molecule has 18 heavy (non-hydrogen) atoms. The molecule has 98 valence electrons. The highest BCUT2D eigenvalue weighted by Gasteiger charge is 2.24. The Morgan fingerprint density at radius 3 is 2.67 bits per heavy atom. The van der Waals surface area contributed by atoms with Crippen LogP contribution >= 0.6 is 0 Å². The first-order valence-electron chi connectivity index (χ1n) is 6.43. The Bertz CT molecular complexity index is 416. The second-order valence-corrected chi connectivity index (χ2v) is 5.15. The van der Waals surface area contributed by atoms with Crippen molar-refractivity contribution in [2.24, 2.45) is 0 Å². The lowest BCUT2D eigenvalue weighted by atomic mass is 9.98. The van der Waals surface area contributed by atoms with Gasteiger partial charge >= 0.3 is 0 Å². The van der Waals surface area contributed by atoms with E-state index in [-0.39, 0.29) is 11.9 Å². The number of nitrogens with zero attached hydrogens (tertiary/aromatic N) is 1. The number of carbonyl (C=O) groups is 1. The molecule has 1 saturated heterocycles. The number of benzene rings is 1. The molecule has 1 amide bonds. The predicted molar refractivity (Wildman–Crippen MR) is 73.4 cm³/mol. The Balaban J connectivity index is 1.93. The fourth-order valence-electron chi connectivity index (χ4n) is 2.32. The van der Waals surface area contributed by atoms with Crippen LogP contribution in [0.1, 0.15) is 30.1 Å². The van der Waals surface area contributed by atoms with Gasteiger partial charge in [0.05, 0.1) is 0 Å². The normalized spacial score (nSPS) is 24.8. The molecule has 0 saturated carbocycles. The zero-order valence-corrected chi connectivity index (χ0v) is 11.0. The molecule has 0 bridgehead atoms. The van der Waals surface area contributed by atoms with Crippen molar-refractivity contribution in [3.63, 3.8) is 0 Å². The summed E-state index contributed by atoms with van der Waals surface area (Å²) < 4.78 is 0. The molecule has 2 atom stereocenters. The summed E-state index contributed by atoms with van der Waals surface area (Å²) in [6.45, 7) is 3.23. The van der Waals surface area contributed by atoms with E-state index >= 15 is 0 Å². The Hall–Kier alpha value is -1.55. The van der Waals surface area contributed by atoms with Gasteiger partial charge in [0.25, 0.3) is 5.91 Å². The van der Waals surface area contributed by atoms with Gasteiger partial charge in [0.2, 0.25) is 0 Å². The summed E-state index contributed by atoms with van der Waals surface area (Å²) in [4.78, 5) is 14.4. The summed E-state index contributed by atoms with van der Waals surface area (Å²) >= 11 is 0. The number of likely N-dealkylation sites (tertiary alicyclic amines) is 1. The number of nitrogen functional groups attached to an aromatic ring is 1. The van der Waals surface area contributed by atoms with Crippen molar-refractivity contribution in [1.29, 1.82) is 0 Å². The summed E-state index contributed by atoms with van der Waals surface area (Å²) in [6, 6.07) is 7.85. The van der Waals surface area contributed by atoms with Gasteiger partial charge in [0.1, 0.15) is 0 Å². The van der Waals surface area contributed by atoms with Crippen molar-refractivity contribution in [1.82, 2.24) is 10.2 Å². The molecule has 3 N–H and O–H groups in total. The predicted octanol–water partition coefficient (Wildman–Crippen LogP) is 1.48. The zero-order chi connectivity index (χ0) is 13.1. The second kappa shape index (κ2) is 5.40. The van der Waals surface area contributed by atoms with Gasteiger partial charge in [0.15, 0.2) is 0 Å². The molecule has 0 spiro atoms. The van der Waals surface area contributed by atoms with E-state index in [4.69, 9.17) is 5.73 Å². The first kappa shape index (κ1) is 12.9. The van der Waals surface area contributed by atoms with E-state index in [1.165, 1.54) is 0 Å². The lowest BCUT2D eigenvalue weighted by Gasteiger charge is -2.35. The molecule has 0 aliphatic carbocycles. The molecule has 1 heterocycles. The van der Waals surface area contributed by atoms with Crippen LogP contribution < -0.4 is 11.1 Å². The second-order valence-electron chi connectivity index (χ2n) is 5.15. The summed E-state index contributed by atoms with van der Waals surface area (Å²) in [6.07, 6.45) is 2.03. The number of carbonyl (C=O) groups excluding carboxylic acids is 1. The molecule has 1 aromatic carbocycles. The fourth-order valence-corrected chi connectivity index (χ4v) is 2.32. The van der Waals surface area contributed by atoms with Crippen molar-refractivity contribution in [2.45, 2.75) is 31.8 Å². The third-order valence-electron chi connectivity index (χ3n) is 3.72. The van der Waals surface area contributed by atoms with Crippen LogP contribution in [0.25, 0.3) is 0 Å². The van der Waals surface area contributed by atoms with Crippen LogP contribution in [0.3, 0.4) is 0 Å². The van der Waals surface area contributed by atoms with Gasteiger partial charge in [-0.1, -0.05) is 0 Å². The molecule has 2 unspecified atom stereocenters. The van der Waals surface area contributed by atoms with E-state index in [0.29, 0.717) is 17.3 Å². The van der Waals surface area contributed by atoms with Gasteiger partial charge in [-0.05, 0) is 51.1 Å². The smallest absolute Gasteiger partial charge is 0.251 e. The van der Waals surface area contributed by atoms with E-state index in [9.17, 15) is 4.79 Å². The Morgan fingerprint density at radius 1 is 1.39 bits per heavy atom. The summed E-state index contributed by atoms with van der Waals surface area (Å²) in [5.74, 6) is -0.00301. The van der Waals surface area contributed by atoms with Crippen LogP contribution in [0, 0.1) is 0 Å². The number of anilines is 1. The molecular weight excluding hydrogens is 226 g/mol. The molecule has 0 aromatic heterocycles. The monoisotopic (exact) mass is 247 g/mol. The van der Waals surface area contributed by atoms with E-state index in [1.54, 1.807) is 24.3 Å². The van der Waals surface area contributed by atoms with Crippen molar-refractivity contribution in [3.05, 3.63) is 29.8 Å². The number of piperidine rings is 1. The van der Waals surface area contributed by atoms with E-state index in [0.717, 1.165) is 19.4 Å². The Labute approximate surface area is 108 Å². The molecule has 1 fully saturated rings. The lowest BCUT2D eigenvalue weighted by Crippen LogP contribution is -2.47. The van der Waals surface area contributed by atoms with Gasteiger partial charge < -0.3 is 16.0 Å². The highest BCUT2D eigenvalue weighted by Crippen LogP contribution is 2.16. The molecule has 0 radical (unpaired) electrons. The van der Waals surface area contributed by atoms with Crippen molar-refractivity contribution in [2.75, 3.05) is 19.3 Å². The van der Waals surface area contributed by atoms with Crippen molar-refractivity contribution < 1.29 is 4.79 Å². The minimum atomic E-state index is -0.00301. The Kier molecular flexibility index (Phi) is 3.87. The number of hydrogen-bond acceptors (Lipinski definition) is 3. The van der Waals surface area contributed by atoms with Crippen LogP contribution in [0.4, 0.5) is 5.69 Å². The summed E-state index contributed by atoms with van der Waals surface area (Å²) in [7, 11) is 2.13. The summed E-state index contributed by atoms with van der Waals surface area (Å²) in [5, 5.41) is 3.10. The van der Waals surface area contributed by atoms with Crippen LogP contribution in [0.15, 0.2) is 24.3 Å². The standard InChI is InChI=1S/C14H21N3O/c1-10-9-13(7-8-17(10)2)16-14(18)11-3-5-12(15)6-4-11/h3-6,10,13H,7-9,15H2,1-2H3,(H,16,18). The van der Waals surface area contributed by atoms with Gasteiger partial charge in [-0.2, -0.15) is 0 Å². The minimum Gasteiger partial charge on any atom is -0.399 e. The average Bonchev–Trinajstić information content (AvgIpc) is 2.34. The molecule has 1 aliphatic heterocycles. The largest absolute Gasteiger partial charge is 0.399 e. The maximum absolute atomic E-state index is 12.0. The number of rotatable bonds is 2. The fraction of sp³-hybridized carbons (Fsp3) is 0.500.